The van der Waals surface area contributed by atoms with E-state index in [1.165, 1.54) is 12.5 Å². The lowest BCUT2D eigenvalue weighted by atomic mass is 10.2. The number of nitrogens with one attached hydrogen (secondary N) is 3. The van der Waals surface area contributed by atoms with Gasteiger partial charge in [0, 0.05) is 36.5 Å². The van der Waals surface area contributed by atoms with Crippen LogP contribution >= 0.6 is 22.9 Å². The van der Waals surface area contributed by atoms with E-state index in [1.807, 2.05) is 5.38 Å². The van der Waals surface area contributed by atoms with Crippen LogP contribution < -0.4 is 16.0 Å². The zero-order valence-electron chi connectivity index (χ0n) is 16.1. The molecule has 0 fully saturated rings. The van der Waals surface area contributed by atoms with Gasteiger partial charge in [-0.2, -0.15) is 0 Å². The lowest BCUT2D eigenvalue weighted by Crippen LogP contribution is -2.30. The molecule has 1 aromatic heterocycles. The molecule has 0 aliphatic heterocycles. The van der Waals surface area contributed by atoms with Crippen LogP contribution in [0.2, 0.25) is 5.02 Å². The molecule has 8 heteroatoms. The molecular weight excluding hydrogens is 408 g/mol. The first-order chi connectivity index (χ1) is 13.9. The van der Waals surface area contributed by atoms with Gasteiger partial charge in [-0.3, -0.25) is 4.79 Å². The molecule has 6 nitrogen and oxygen atoms in total. The van der Waals surface area contributed by atoms with Gasteiger partial charge in [-0.05, 0) is 25.1 Å². The summed E-state index contributed by atoms with van der Waals surface area (Å²) in [6, 6.07) is 12.8. The summed E-state index contributed by atoms with van der Waals surface area (Å²) in [6.45, 7) is 3.92. The Balaban J connectivity index is 1.49. The van der Waals surface area contributed by atoms with Crippen molar-refractivity contribution >= 4 is 46.3 Å². The summed E-state index contributed by atoms with van der Waals surface area (Å²) >= 11 is 7.75. The zero-order chi connectivity index (χ0) is 20.8. The minimum atomic E-state index is -0.354. The second-order valence-electron chi connectivity index (χ2n) is 6.52. The maximum Gasteiger partial charge on any atom is 0.319 e. The lowest BCUT2D eigenvalue weighted by Gasteiger charge is -2.10. The number of hydrogen-bond acceptors (Lipinski definition) is 4. The molecule has 1 heterocycles. The number of halogens is 1. The van der Waals surface area contributed by atoms with Crippen molar-refractivity contribution in [1.29, 1.82) is 0 Å². The second kappa shape index (κ2) is 9.54. The minimum Gasteiger partial charge on any atom is -0.337 e. The normalized spacial score (nSPS) is 10.4. The van der Waals surface area contributed by atoms with Gasteiger partial charge in [-0.1, -0.05) is 41.4 Å². The molecule has 2 aromatic carbocycles. The molecular formula is C21H21ClN4O2S. The van der Waals surface area contributed by atoms with E-state index < -0.39 is 0 Å². The van der Waals surface area contributed by atoms with Crippen LogP contribution in [0, 0.1) is 6.92 Å². The molecule has 3 rings (SSSR count). The highest BCUT2D eigenvalue weighted by Gasteiger charge is 2.08. The number of hydrogen-bond donors (Lipinski definition) is 3. The standard InChI is InChI=1S/C21H21ClN4O2S/c1-13-3-5-15(6-4-13)20-25-17(12-29-20)9-10-23-21(28)26-19-8-7-16(11-18(19)22)24-14(2)27/h3-8,11-12H,9-10H2,1-2H3,(H,24,27)(H2,23,26,28). The third-order valence-electron chi connectivity index (χ3n) is 4.05. The third-order valence-corrected chi connectivity index (χ3v) is 5.31. The summed E-state index contributed by atoms with van der Waals surface area (Å²) in [5.41, 5.74) is 4.28. The summed E-state index contributed by atoms with van der Waals surface area (Å²) in [5.74, 6) is -0.188. The van der Waals surface area contributed by atoms with Gasteiger partial charge in [0.2, 0.25) is 5.91 Å². The molecule has 0 saturated heterocycles. The number of aryl methyl sites for hydroxylation is 1. The fourth-order valence-corrected chi connectivity index (χ4v) is 3.71. The van der Waals surface area contributed by atoms with Crippen molar-refractivity contribution in [3.63, 3.8) is 0 Å². The Bertz CT molecular complexity index is 1020. The summed E-state index contributed by atoms with van der Waals surface area (Å²) in [6.07, 6.45) is 0.630. The summed E-state index contributed by atoms with van der Waals surface area (Å²) < 4.78 is 0. The van der Waals surface area contributed by atoms with E-state index >= 15 is 0 Å². The molecule has 0 spiro atoms. The third kappa shape index (κ3) is 6.04. The second-order valence-corrected chi connectivity index (χ2v) is 7.78. The van der Waals surface area contributed by atoms with E-state index in [9.17, 15) is 9.59 Å². The van der Waals surface area contributed by atoms with Crippen LogP contribution in [0.4, 0.5) is 16.2 Å². The number of rotatable bonds is 6. The van der Waals surface area contributed by atoms with Crippen molar-refractivity contribution in [1.82, 2.24) is 10.3 Å². The largest absolute Gasteiger partial charge is 0.337 e. The Morgan fingerprint density at radius 3 is 2.55 bits per heavy atom. The number of urea groups is 1. The fraction of sp³-hybridized carbons (Fsp3) is 0.190. The number of thiazole rings is 1. The number of amides is 3. The first-order valence-electron chi connectivity index (χ1n) is 9.04. The van der Waals surface area contributed by atoms with Crippen molar-refractivity contribution in [2.45, 2.75) is 20.3 Å². The maximum absolute atomic E-state index is 12.1. The van der Waals surface area contributed by atoms with Crippen LogP contribution in [0.25, 0.3) is 10.6 Å². The molecule has 0 bridgehead atoms. The average molecular weight is 429 g/mol. The summed E-state index contributed by atoms with van der Waals surface area (Å²) in [7, 11) is 0. The lowest BCUT2D eigenvalue weighted by molar-refractivity contribution is -0.114. The van der Waals surface area contributed by atoms with Crippen molar-refractivity contribution in [2.24, 2.45) is 0 Å². The minimum absolute atomic E-state index is 0.188. The van der Waals surface area contributed by atoms with E-state index in [0.29, 0.717) is 29.4 Å². The van der Waals surface area contributed by atoms with E-state index in [4.69, 9.17) is 11.6 Å². The molecule has 0 aliphatic carbocycles. The molecule has 150 valence electrons. The maximum atomic E-state index is 12.1. The number of carbonyl (C=O) groups is 2. The van der Waals surface area contributed by atoms with Crippen molar-refractivity contribution in [2.75, 3.05) is 17.2 Å². The number of anilines is 2. The molecule has 0 atom stereocenters. The quantitative estimate of drug-likeness (QED) is 0.511. The van der Waals surface area contributed by atoms with E-state index in [1.54, 1.807) is 29.5 Å². The van der Waals surface area contributed by atoms with Gasteiger partial charge in [-0.15, -0.1) is 11.3 Å². The number of carbonyl (C=O) groups excluding carboxylic acids is 2. The summed E-state index contributed by atoms with van der Waals surface area (Å²) in [5, 5.41) is 11.5. The Kier molecular flexibility index (Phi) is 6.85. The number of benzene rings is 2. The van der Waals surface area contributed by atoms with Crippen LogP contribution in [0.5, 0.6) is 0 Å². The average Bonchev–Trinajstić information content (AvgIpc) is 3.13. The SMILES string of the molecule is CC(=O)Nc1ccc(NC(=O)NCCc2csc(-c3ccc(C)cc3)n2)c(Cl)c1. The monoisotopic (exact) mass is 428 g/mol. The molecule has 0 unspecified atom stereocenters. The van der Waals surface area contributed by atoms with E-state index in [-0.39, 0.29) is 11.9 Å². The zero-order valence-corrected chi connectivity index (χ0v) is 17.7. The van der Waals surface area contributed by atoms with Crippen LogP contribution in [0.1, 0.15) is 18.2 Å². The predicted octanol–water partition coefficient (Wildman–Crippen LogP) is 5.09. The Hall–Kier alpha value is -2.90. The Morgan fingerprint density at radius 2 is 1.86 bits per heavy atom. The van der Waals surface area contributed by atoms with Gasteiger partial charge in [0.05, 0.1) is 16.4 Å². The van der Waals surface area contributed by atoms with Gasteiger partial charge < -0.3 is 16.0 Å². The molecule has 0 radical (unpaired) electrons. The van der Waals surface area contributed by atoms with Crippen molar-refractivity contribution in [3.05, 3.63) is 64.1 Å². The fourth-order valence-electron chi connectivity index (χ4n) is 2.62. The topological polar surface area (TPSA) is 83.1 Å². The first-order valence-corrected chi connectivity index (χ1v) is 10.3. The first kappa shape index (κ1) is 20.8. The smallest absolute Gasteiger partial charge is 0.319 e. The Morgan fingerprint density at radius 1 is 1.10 bits per heavy atom. The molecule has 29 heavy (non-hydrogen) atoms. The van der Waals surface area contributed by atoms with Crippen molar-refractivity contribution < 1.29 is 9.59 Å². The molecule has 3 amide bonds. The van der Waals surface area contributed by atoms with E-state index in [0.717, 1.165) is 16.3 Å². The molecule has 3 aromatic rings. The van der Waals surface area contributed by atoms with Gasteiger partial charge in [-0.25, -0.2) is 9.78 Å². The van der Waals surface area contributed by atoms with Gasteiger partial charge in [0.15, 0.2) is 0 Å². The predicted molar refractivity (Wildman–Crippen MR) is 119 cm³/mol. The van der Waals surface area contributed by atoms with Crippen LogP contribution in [-0.4, -0.2) is 23.5 Å². The highest BCUT2D eigenvalue weighted by Crippen LogP contribution is 2.26. The van der Waals surface area contributed by atoms with Gasteiger partial charge in [0.1, 0.15) is 5.01 Å². The molecule has 0 saturated carbocycles. The Labute approximate surface area is 178 Å². The van der Waals surface area contributed by atoms with Gasteiger partial charge >= 0.3 is 6.03 Å². The molecule has 0 aliphatic rings. The number of aromatic nitrogens is 1. The highest BCUT2D eigenvalue weighted by molar-refractivity contribution is 7.13. The van der Waals surface area contributed by atoms with E-state index in [2.05, 4.69) is 52.1 Å². The van der Waals surface area contributed by atoms with Crippen LogP contribution in [0.3, 0.4) is 0 Å². The van der Waals surface area contributed by atoms with Crippen LogP contribution in [-0.2, 0) is 11.2 Å². The summed E-state index contributed by atoms with van der Waals surface area (Å²) in [4.78, 5) is 27.8. The highest BCUT2D eigenvalue weighted by atomic mass is 35.5. The van der Waals surface area contributed by atoms with Crippen LogP contribution in [0.15, 0.2) is 47.8 Å². The van der Waals surface area contributed by atoms with Crippen molar-refractivity contribution in [3.8, 4) is 10.6 Å². The number of nitrogens with zero attached hydrogens (tertiary/aromatic N) is 1. The van der Waals surface area contributed by atoms with Gasteiger partial charge in [0.25, 0.3) is 0 Å². The molecule has 3 N–H and O–H groups in total.